The summed E-state index contributed by atoms with van der Waals surface area (Å²) in [4.78, 5) is 11.7. The summed E-state index contributed by atoms with van der Waals surface area (Å²) in [7, 11) is 0. The maximum absolute atomic E-state index is 13.1. The second-order valence-electron chi connectivity index (χ2n) is 4.13. The number of ketones is 1. The van der Waals surface area contributed by atoms with Crippen LogP contribution in [0, 0.1) is 11.8 Å². The van der Waals surface area contributed by atoms with Gasteiger partial charge in [0.25, 0.3) is 5.60 Å². The summed E-state index contributed by atoms with van der Waals surface area (Å²) < 4.78 is 39.2. The predicted octanol–water partition coefficient (Wildman–Crippen LogP) is 3.28. The quantitative estimate of drug-likeness (QED) is 0.683. The molecule has 0 amide bonds. The number of thiophene rings is 1. The van der Waals surface area contributed by atoms with Gasteiger partial charge in [-0.2, -0.15) is 13.2 Å². The average molecular weight is 310 g/mol. The van der Waals surface area contributed by atoms with Gasteiger partial charge in [0.2, 0.25) is 5.78 Å². The summed E-state index contributed by atoms with van der Waals surface area (Å²) in [6.45, 7) is 0. The van der Waals surface area contributed by atoms with Crippen LogP contribution in [0.1, 0.15) is 15.2 Å². The zero-order valence-electron chi connectivity index (χ0n) is 10.5. The summed E-state index contributed by atoms with van der Waals surface area (Å²) in [5, 5.41) is 11.3. The van der Waals surface area contributed by atoms with E-state index in [4.69, 9.17) is 0 Å². The zero-order chi connectivity index (χ0) is 15.5. The molecule has 0 saturated carbocycles. The Bertz CT molecular complexity index is 681. The van der Waals surface area contributed by atoms with Crippen molar-refractivity contribution in [1.29, 1.82) is 0 Å². The molecule has 2 aromatic rings. The Morgan fingerprint density at radius 1 is 1.10 bits per heavy atom. The van der Waals surface area contributed by atoms with E-state index in [1.54, 1.807) is 24.1 Å². The molecule has 0 fully saturated rings. The Hall–Kier alpha value is -2.10. The van der Waals surface area contributed by atoms with E-state index in [0.29, 0.717) is 0 Å². The van der Waals surface area contributed by atoms with Crippen LogP contribution in [-0.4, -0.2) is 22.7 Å². The number of hydrogen-bond acceptors (Lipinski definition) is 3. The molecule has 1 heterocycles. The fraction of sp³-hybridized carbons (Fsp3) is 0.133. The van der Waals surface area contributed by atoms with Gasteiger partial charge >= 0.3 is 6.18 Å². The van der Waals surface area contributed by atoms with Crippen LogP contribution in [0.5, 0.6) is 0 Å². The molecule has 108 valence electrons. The summed E-state index contributed by atoms with van der Waals surface area (Å²) in [5.41, 5.74) is -3.44. The lowest BCUT2D eigenvalue weighted by Gasteiger charge is -2.22. The van der Waals surface area contributed by atoms with Gasteiger partial charge in [0.05, 0.1) is 4.88 Å². The fourth-order valence-corrected chi connectivity index (χ4v) is 2.24. The van der Waals surface area contributed by atoms with E-state index in [0.717, 1.165) is 11.3 Å². The summed E-state index contributed by atoms with van der Waals surface area (Å²) in [5.74, 6) is 2.41. The molecule has 1 aromatic heterocycles. The second-order valence-corrected chi connectivity index (χ2v) is 5.08. The highest BCUT2D eigenvalue weighted by atomic mass is 32.1. The van der Waals surface area contributed by atoms with Crippen molar-refractivity contribution in [3.63, 3.8) is 0 Å². The van der Waals surface area contributed by atoms with Crippen molar-refractivity contribution in [2.75, 3.05) is 0 Å². The van der Waals surface area contributed by atoms with Crippen LogP contribution in [0.15, 0.2) is 47.8 Å². The van der Waals surface area contributed by atoms with Crippen molar-refractivity contribution in [2.24, 2.45) is 0 Å². The number of hydrogen-bond donors (Lipinski definition) is 1. The van der Waals surface area contributed by atoms with Gasteiger partial charge in [0.15, 0.2) is 0 Å². The van der Waals surface area contributed by atoms with Gasteiger partial charge in [0, 0.05) is 5.56 Å². The summed E-state index contributed by atoms with van der Waals surface area (Å²) in [6.07, 6.45) is -5.18. The van der Waals surface area contributed by atoms with Gasteiger partial charge in [-0.3, -0.25) is 4.79 Å². The zero-order valence-corrected chi connectivity index (χ0v) is 11.3. The number of carbonyl (C=O) groups is 1. The standard InChI is InChI=1S/C15H9F3O2S/c16-15(17,18)14(20,13(19)12-7-4-10-21-12)9-8-11-5-2-1-3-6-11/h1-7,10,20H/t14-/m1/s1. The molecule has 0 aliphatic carbocycles. The molecular formula is C15H9F3O2S. The molecule has 2 rings (SSSR count). The van der Waals surface area contributed by atoms with Crippen LogP contribution in [-0.2, 0) is 0 Å². The Morgan fingerprint density at radius 2 is 1.76 bits per heavy atom. The van der Waals surface area contributed by atoms with Gasteiger partial charge in [-0.1, -0.05) is 30.2 Å². The van der Waals surface area contributed by atoms with Gasteiger partial charge in [-0.15, -0.1) is 11.3 Å². The van der Waals surface area contributed by atoms with E-state index in [2.05, 4.69) is 5.92 Å². The molecule has 1 aromatic carbocycles. The fourth-order valence-electron chi connectivity index (χ4n) is 1.53. The topological polar surface area (TPSA) is 37.3 Å². The van der Waals surface area contributed by atoms with Gasteiger partial charge in [-0.05, 0) is 29.5 Å². The number of halogens is 3. The van der Waals surface area contributed by atoms with Crippen molar-refractivity contribution in [3.8, 4) is 11.8 Å². The van der Waals surface area contributed by atoms with Gasteiger partial charge in [-0.25, -0.2) is 0 Å². The third-order valence-corrected chi connectivity index (χ3v) is 3.51. The van der Waals surface area contributed by atoms with Crippen LogP contribution >= 0.6 is 11.3 Å². The summed E-state index contributed by atoms with van der Waals surface area (Å²) in [6, 6.07) is 10.5. The van der Waals surface area contributed by atoms with E-state index in [-0.39, 0.29) is 10.4 Å². The predicted molar refractivity (Wildman–Crippen MR) is 73.0 cm³/mol. The number of benzene rings is 1. The molecule has 21 heavy (non-hydrogen) atoms. The minimum Gasteiger partial charge on any atom is -0.364 e. The molecule has 0 aliphatic rings. The van der Waals surface area contributed by atoms with E-state index in [1.165, 1.54) is 29.6 Å². The highest BCUT2D eigenvalue weighted by Crippen LogP contribution is 2.34. The van der Waals surface area contributed by atoms with E-state index < -0.39 is 17.6 Å². The lowest BCUT2D eigenvalue weighted by molar-refractivity contribution is -0.214. The maximum Gasteiger partial charge on any atom is 0.436 e. The van der Waals surface area contributed by atoms with Crippen molar-refractivity contribution in [1.82, 2.24) is 0 Å². The Kier molecular flexibility index (Phi) is 4.16. The third-order valence-electron chi connectivity index (χ3n) is 2.65. The molecule has 0 bridgehead atoms. The van der Waals surface area contributed by atoms with Gasteiger partial charge in [0.1, 0.15) is 0 Å². The minimum absolute atomic E-state index is 0.197. The highest BCUT2D eigenvalue weighted by molar-refractivity contribution is 7.12. The lowest BCUT2D eigenvalue weighted by Crippen LogP contribution is -2.50. The Balaban J connectivity index is 2.45. The Labute approximate surface area is 122 Å². The van der Waals surface area contributed by atoms with Crippen LogP contribution < -0.4 is 0 Å². The van der Waals surface area contributed by atoms with Crippen molar-refractivity contribution in [2.45, 2.75) is 11.8 Å². The first-order valence-electron chi connectivity index (χ1n) is 5.80. The number of aliphatic hydroxyl groups is 1. The molecular weight excluding hydrogens is 301 g/mol. The summed E-state index contributed by atoms with van der Waals surface area (Å²) >= 11 is 0.818. The molecule has 1 atom stereocenters. The second kappa shape index (κ2) is 5.72. The number of rotatable bonds is 2. The van der Waals surface area contributed by atoms with E-state index in [9.17, 15) is 23.1 Å². The first-order chi connectivity index (χ1) is 9.84. The first kappa shape index (κ1) is 15.3. The smallest absolute Gasteiger partial charge is 0.364 e. The van der Waals surface area contributed by atoms with E-state index >= 15 is 0 Å². The molecule has 2 nitrogen and oxygen atoms in total. The Morgan fingerprint density at radius 3 is 2.29 bits per heavy atom. The molecule has 1 N–H and O–H groups in total. The minimum atomic E-state index is -5.18. The molecule has 6 heteroatoms. The van der Waals surface area contributed by atoms with Crippen molar-refractivity contribution < 1.29 is 23.1 Å². The van der Waals surface area contributed by atoms with E-state index in [1.807, 2.05) is 0 Å². The first-order valence-corrected chi connectivity index (χ1v) is 6.68. The van der Waals surface area contributed by atoms with Crippen molar-refractivity contribution >= 4 is 17.1 Å². The third kappa shape index (κ3) is 3.15. The van der Waals surface area contributed by atoms with Crippen LogP contribution in [0.3, 0.4) is 0 Å². The van der Waals surface area contributed by atoms with Crippen LogP contribution in [0.4, 0.5) is 13.2 Å². The molecule has 0 saturated heterocycles. The average Bonchev–Trinajstić information content (AvgIpc) is 2.98. The number of carbonyl (C=O) groups excluding carboxylic acids is 1. The highest BCUT2D eigenvalue weighted by Gasteiger charge is 2.59. The maximum atomic E-state index is 13.1. The van der Waals surface area contributed by atoms with Crippen LogP contribution in [0.2, 0.25) is 0 Å². The molecule has 0 unspecified atom stereocenters. The molecule has 0 spiro atoms. The number of Topliss-reactive ketones (excluding diaryl/α,β-unsaturated/α-hetero) is 1. The largest absolute Gasteiger partial charge is 0.436 e. The normalized spacial score (nSPS) is 13.9. The van der Waals surface area contributed by atoms with Gasteiger partial charge < -0.3 is 5.11 Å². The number of alkyl halides is 3. The molecule has 0 aliphatic heterocycles. The molecule has 0 radical (unpaired) electrons. The monoisotopic (exact) mass is 310 g/mol. The van der Waals surface area contributed by atoms with Crippen molar-refractivity contribution in [3.05, 3.63) is 58.3 Å². The lowest BCUT2D eigenvalue weighted by atomic mass is 9.96. The van der Waals surface area contributed by atoms with Crippen LogP contribution in [0.25, 0.3) is 0 Å². The SMILES string of the molecule is O=C(c1cccs1)[C@](O)(C#Cc1ccccc1)C(F)(F)F.